The summed E-state index contributed by atoms with van der Waals surface area (Å²) in [4.78, 5) is 6.80. The molecule has 0 aliphatic carbocycles. The molecular formula is C19H28N6. The Labute approximate surface area is 149 Å². The fourth-order valence-corrected chi connectivity index (χ4v) is 3.28. The molecule has 0 bridgehead atoms. The molecular weight excluding hydrogens is 312 g/mol. The van der Waals surface area contributed by atoms with Crippen molar-refractivity contribution in [3.63, 3.8) is 0 Å². The van der Waals surface area contributed by atoms with Gasteiger partial charge in [-0.1, -0.05) is 18.2 Å². The van der Waals surface area contributed by atoms with Gasteiger partial charge in [0.2, 0.25) is 0 Å². The van der Waals surface area contributed by atoms with Gasteiger partial charge in [0.25, 0.3) is 0 Å². The van der Waals surface area contributed by atoms with Crippen LogP contribution in [0.1, 0.15) is 18.9 Å². The van der Waals surface area contributed by atoms with Crippen LogP contribution in [-0.4, -0.2) is 48.5 Å². The average Bonchev–Trinajstić information content (AvgIpc) is 3.30. The first-order valence-electron chi connectivity index (χ1n) is 9.04. The zero-order chi connectivity index (χ0) is 17.5. The predicted molar refractivity (Wildman–Crippen MR) is 103 cm³/mol. The summed E-state index contributed by atoms with van der Waals surface area (Å²) in [6.45, 7) is 6.02. The van der Waals surface area contributed by atoms with Crippen LogP contribution in [0.25, 0.3) is 0 Å². The van der Waals surface area contributed by atoms with Gasteiger partial charge in [0.1, 0.15) is 0 Å². The molecule has 1 aliphatic rings. The molecule has 2 aromatic rings. The highest BCUT2D eigenvalue weighted by Crippen LogP contribution is 2.28. The number of guanidine groups is 1. The summed E-state index contributed by atoms with van der Waals surface area (Å²) in [6, 6.07) is 11.1. The zero-order valence-electron chi connectivity index (χ0n) is 15.2. The number of nitrogens with one attached hydrogen (secondary N) is 2. The van der Waals surface area contributed by atoms with Gasteiger partial charge in [0.05, 0.1) is 0 Å². The molecule has 1 aliphatic heterocycles. The fourth-order valence-electron chi connectivity index (χ4n) is 3.28. The van der Waals surface area contributed by atoms with Gasteiger partial charge in [-0.2, -0.15) is 5.10 Å². The van der Waals surface area contributed by atoms with Crippen molar-refractivity contribution in [2.24, 2.45) is 4.99 Å². The van der Waals surface area contributed by atoms with Crippen LogP contribution in [0.3, 0.4) is 0 Å². The monoisotopic (exact) mass is 340 g/mol. The average molecular weight is 340 g/mol. The van der Waals surface area contributed by atoms with E-state index in [4.69, 9.17) is 0 Å². The van der Waals surface area contributed by atoms with Crippen molar-refractivity contribution in [3.05, 3.63) is 48.3 Å². The van der Waals surface area contributed by atoms with Crippen molar-refractivity contribution in [2.75, 3.05) is 31.6 Å². The molecule has 1 aromatic carbocycles. The second-order valence-corrected chi connectivity index (χ2v) is 6.42. The minimum atomic E-state index is 0.422. The number of rotatable bonds is 7. The fraction of sp³-hybridized carbons (Fsp3) is 0.474. The van der Waals surface area contributed by atoms with Crippen LogP contribution >= 0.6 is 0 Å². The third kappa shape index (κ3) is 4.53. The van der Waals surface area contributed by atoms with Crippen LogP contribution in [0.5, 0.6) is 0 Å². The Balaban J connectivity index is 1.40. The number of aliphatic imine (C=N–C) groups is 1. The number of para-hydroxylation sites is 1. The number of fused-ring (bicyclic) bond motifs is 1. The van der Waals surface area contributed by atoms with E-state index in [1.807, 2.05) is 30.2 Å². The lowest BCUT2D eigenvalue weighted by atomic mass is 10.2. The molecule has 0 spiro atoms. The van der Waals surface area contributed by atoms with Crippen molar-refractivity contribution in [2.45, 2.75) is 32.4 Å². The van der Waals surface area contributed by atoms with E-state index >= 15 is 0 Å². The van der Waals surface area contributed by atoms with Crippen molar-refractivity contribution in [1.82, 2.24) is 20.4 Å². The lowest BCUT2D eigenvalue weighted by Gasteiger charge is -2.28. The Bertz CT molecular complexity index is 679. The normalized spacial score (nSPS) is 15.1. The Kier molecular flexibility index (Phi) is 5.93. The van der Waals surface area contributed by atoms with Crippen molar-refractivity contribution >= 4 is 11.6 Å². The van der Waals surface area contributed by atoms with E-state index in [0.29, 0.717) is 6.04 Å². The summed E-state index contributed by atoms with van der Waals surface area (Å²) in [6.07, 6.45) is 5.95. The molecule has 0 radical (unpaired) electrons. The minimum Gasteiger partial charge on any atom is -0.366 e. The largest absolute Gasteiger partial charge is 0.366 e. The number of hydrogen-bond acceptors (Lipinski definition) is 3. The highest BCUT2D eigenvalue weighted by molar-refractivity contribution is 5.79. The second kappa shape index (κ2) is 8.55. The zero-order valence-corrected chi connectivity index (χ0v) is 15.2. The lowest BCUT2D eigenvalue weighted by Crippen LogP contribution is -2.46. The topological polar surface area (TPSA) is 57.5 Å². The first-order valence-corrected chi connectivity index (χ1v) is 9.04. The molecule has 6 heteroatoms. The number of aryl methyl sites for hydroxylation is 1. The molecule has 1 unspecified atom stereocenters. The molecule has 6 nitrogen and oxygen atoms in total. The molecule has 134 valence electrons. The maximum Gasteiger partial charge on any atom is 0.191 e. The van der Waals surface area contributed by atoms with Gasteiger partial charge in [0.15, 0.2) is 5.96 Å². The molecule has 0 amide bonds. The molecule has 3 rings (SSSR count). The molecule has 1 atom stereocenters. The highest BCUT2D eigenvalue weighted by atomic mass is 15.3. The second-order valence-electron chi connectivity index (χ2n) is 6.42. The van der Waals surface area contributed by atoms with Crippen molar-refractivity contribution < 1.29 is 0 Å². The van der Waals surface area contributed by atoms with Gasteiger partial charge in [-0.25, -0.2) is 0 Å². The maximum absolute atomic E-state index is 4.32. The third-order valence-electron chi connectivity index (χ3n) is 4.66. The first kappa shape index (κ1) is 17.3. The maximum atomic E-state index is 4.32. The predicted octanol–water partition coefficient (Wildman–Crippen LogP) is 1.89. The highest BCUT2D eigenvalue weighted by Gasteiger charge is 2.22. The van der Waals surface area contributed by atoms with Crippen molar-refractivity contribution in [3.8, 4) is 0 Å². The number of benzene rings is 1. The quantitative estimate of drug-likeness (QED) is 0.459. The van der Waals surface area contributed by atoms with Gasteiger partial charge >= 0.3 is 0 Å². The number of anilines is 1. The summed E-state index contributed by atoms with van der Waals surface area (Å²) >= 11 is 0. The van der Waals surface area contributed by atoms with Crippen LogP contribution in [0.2, 0.25) is 0 Å². The smallest absolute Gasteiger partial charge is 0.191 e. The Morgan fingerprint density at radius 1 is 1.28 bits per heavy atom. The van der Waals surface area contributed by atoms with E-state index < -0.39 is 0 Å². The lowest BCUT2D eigenvalue weighted by molar-refractivity contribution is 0.567. The Morgan fingerprint density at radius 2 is 2.16 bits per heavy atom. The van der Waals surface area contributed by atoms with Crippen LogP contribution in [0, 0.1) is 0 Å². The molecule has 1 aromatic heterocycles. The Hall–Kier alpha value is -2.50. The molecule has 25 heavy (non-hydrogen) atoms. The number of nitrogens with zero attached hydrogens (tertiary/aromatic N) is 4. The Morgan fingerprint density at radius 3 is 2.96 bits per heavy atom. The molecule has 0 saturated heterocycles. The van der Waals surface area contributed by atoms with E-state index in [9.17, 15) is 0 Å². The SMILES string of the molecule is CN=C(NCCCn1cccn1)NCC(C)N1CCc2ccccc21. The summed E-state index contributed by atoms with van der Waals surface area (Å²) in [7, 11) is 1.82. The molecule has 2 N–H and O–H groups in total. The van der Waals surface area contributed by atoms with Crippen LogP contribution in [0.15, 0.2) is 47.7 Å². The third-order valence-corrected chi connectivity index (χ3v) is 4.66. The van der Waals surface area contributed by atoms with Gasteiger partial charge in [-0.3, -0.25) is 9.67 Å². The summed E-state index contributed by atoms with van der Waals surface area (Å²) in [5.74, 6) is 0.861. The van der Waals surface area contributed by atoms with Gasteiger partial charge in [-0.15, -0.1) is 0 Å². The summed E-state index contributed by atoms with van der Waals surface area (Å²) in [5.41, 5.74) is 2.83. The van der Waals surface area contributed by atoms with E-state index in [0.717, 1.165) is 45.0 Å². The number of hydrogen-bond donors (Lipinski definition) is 2. The van der Waals surface area contributed by atoms with E-state index in [1.165, 1.54) is 11.3 Å². The van der Waals surface area contributed by atoms with E-state index in [1.54, 1.807) is 0 Å². The minimum absolute atomic E-state index is 0.422. The van der Waals surface area contributed by atoms with Gasteiger partial charge in [0, 0.05) is 57.3 Å². The van der Waals surface area contributed by atoms with Crippen LogP contribution in [-0.2, 0) is 13.0 Å². The van der Waals surface area contributed by atoms with Crippen LogP contribution < -0.4 is 15.5 Å². The van der Waals surface area contributed by atoms with Gasteiger partial charge in [-0.05, 0) is 37.5 Å². The molecule has 0 fully saturated rings. The van der Waals surface area contributed by atoms with E-state index in [-0.39, 0.29) is 0 Å². The first-order chi connectivity index (χ1) is 12.3. The van der Waals surface area contributed by atoms with E-state index in [2.05, 4.69) is 56.8 Å². The number of aromatic nitrogens is 2. The van der Waals surface area contributed by atoms with Crippen LogP contribution in [0.4, 0.5) is 5.69 Å². The summed E-state index contributed by atoms with van der Waals surface area (Å²) < 4.78 is 1.95. The molecule has 0 saturated carbocycles. The van der Waals surface area contributed by atoms with Crippen molar-refractivity contribution in [1.29, 1.82) is 0 Å². The molecule has 2 heterocycles. The standard InChI is InChI=1S/C19H28N6/c1-16(25-14-9-17-7-3-4-8-18(17)25)15-22-19(20-2)21-10-5-12-24-13-6-11-23-24/h3-4,6-8,11,13,16H,5,9-10,12,14-15H2,1-2H3,(H2,20,21,22). The van der Waals surface area contributed by atoms with Gasteiger partial charge < -0.3 is 15.5 Å². The summed E-state index contributed by atoms with van der Waals surface area (Å²) in [5, 5.41) is 11.0.